The number of hydrogen-bond acceptors (Lipinski definition) is 3. The summed E-state index contributed by atoms with van der Waals surface area (Å²) in [6.07, 6.45) is 1.94. The lowest BCUT2D eigenvalue weighted by atomic mass is 10.1. The summed E-state index contributed by atoms with van der Waals surface area (Å²) < 4.78 is 1.87. The summed E-state index contributed by atoms with van der Waals surface area (Å²) in [7, 11) is 0. The zero-order valence-electron chi connectivity index (χ0n) is 9.72. The summed E-state index contributed by atoms with van der Waals surface area (Å²) >= 11 is 0. The average Bonchev–Trinajstić information content (AvgIpc) is 2.84. The zero-order chi connectivity index (χ0) is 12.1. The summed E-state index contributed by atoms with van der Waals surface area (Å²) in [6.45, 7) is 3.59. The molecule has 0 saturated carbocycles. The van der Waals surface area contributed by atoms with Crippen LogP contribution < -0.4 is 5.32 Å². The highest BCUT2D eigenvalue weighted by Crippen LogP contribution is 2.08. The second-order valence-corrected chi connectivity index (χ2v) is 3.72. The molecule has 1 heterocycles. The Morgan fingerprint density at radius 2 is 2.29 bits per heavy atom. The van der Waals surface area contributed by atoms with Crippen molar-refractivity contribution in [1.29, 1.82) is 5.26 Å². The highest BCUT2D eigenvalue weighted by molar-refractivity contribution is 5.37. The molecule has 86 valence electrons. The third-order valence-electron chi connectivity index (χ3n) is 2.49. The van der Waals surface area contributed by atoms with Gasteiger partial charge in [-0.25, -0.2) is 0 Å². The number of hydrogen-bond donors (Lipinski definition) is 1. The minimum Gasteiger partial charge on any atom is -0.365 e. The van der Waals surface area contributed by atoms with Crippen LogP contribution in [0.5, 0.6) is 0 Å². The molecular formula is C13H14N4. The van der Waals surface area contributed by atoms with Crippen LogP contribution in [0.2, 0.25) is 0 Å². The molecule has 0 aliphatic heterocycles. The number of nitrogens with zero attached hydrogens (tertiary/aromatic N) is 3. The Balaban J connectivity index is 1.99. The lowest BCUT2D eigenvalue weighted by Crippen LogP contribution is -2.02. The summed E-state index contributed by atoms with van der Waals surface area (Å²) in [5.74, 6) is 0.856. The Morgan fingerprint density at radius 1 is 1.41 bits per heavy atom. The normalized spacial score (nSPS) is 9.88. The van der Waals surface area contributed by atoms with Crippen molar-refractivity contribution in [2.24, 2.45) is 0 Å². The van der Waals surface area contributed by atoms with Crippen molar-refractivity contribution in [2.75, 3.05) is 5.32 Å². The SMILES string of the molecule is CCn1ccc(NCc2cccc(C#N)c2)n1. The number of nitriles is 1. The van der Waals surface area contributed by atoms with Gasteiger partial charge in [-0.15, -0.1) is 0 Å². The quantitative estimate of drug-likeness (QED) is 0.870. The summed E-state index contributed by atoms with van der Waals surface area (Å²) in [6, 6.07) is 11.6. The van der Waals surface area contributed by atoms with Gasteiger partial charge in [-0.3, -0.25) is 4.68 Å². The first-order valence-electron chi connectivity index (χ1n) is 5.58. The second-order valence-electron chi connectivity index (χ2n) is 3.72. The summed E-state index contributed by atoms with van der Waals surface area (Å²) in [5.41, 5.74) is 1.76. The van der Waals surface area contributed by atoms with Crippen LogP contribution in [0.15, 0.2) is 36.5 Å². The van der Waals surface area contributed by atoms with E-state index >= 15 is 0 Å². The minimum atomic E-state index is 0.677. The number of rotatable bonds is 4. The van der Waals surface area contributed by atoms with E-state index in [1.54, 1.807) is 6.07 Å². The van der Waals surface area contributed by atoms with Gasteiger partial charge in [0, 0.05) is 25.4 Å². The molecule has 0 saturated heterocycles. The molecule has 0 radical (unpaired) electrons. The molecule has 4 heteroatoms. The van der Waals surface area contributed by atoms with Crippen molar-refractivity contribution in [1.82, 2.24) is 9.78 Å². The Bertz CT molecular complexity index is 536. The van der Waals surface area contributed by atoms with E-state index in [0.717, 1.165) is 17.9 Å². The largest absolute Gasteiger partial charge is 0.365 e. The molecule has 1 aromatic carbocycles. The van der Waals surface area contributed by atoms with Crippen LogP contribution in [0.3, 0.4) is 0 Å². The van der Waals surface area contributed by atoms with E-state index in [-0.39, 0.29) is 0 Å². The molecule has 0 aliphatic carbocycles. The van der Waals surface area contributed by atoms with Crippen LogP contribution >= 0.6 is 0 Å². The van der Waals surface area contributed by atoms with E-state index in [9.17, 15) is 0 Å². The molecule has 4 nitrogen and oxygen atoms in total. The predicted molar refractivity (Wildman–Crippen MR) is 66.4 cm³/mol. The predicted octanol–water partition coefficient (Wildman–Crippen LogP) is 2.39. The van der Waals surface area contributed by atoms with Gasteiger partial charge in [0.05, 0.1) is 11.6 Å². The van der Waals surface area contributed by atoms with E-state index in [0.29, 0.717) is 12.1 Å². The lowest BCUT2D eigenvalue weighted by Gasteiger charge is -2.03. The molecule has 1 aromatic heterocycles. The molecule has 1 N–H and O–H groups in total. The van der Waals surface area contributed by atoms with Crippen molar-refractivity contribution < 1.29 is 0 Å². The maximum absolute atomic E-state index is 8.80. The van der Waals surface area contributed by atoms with E-state index in [4.69, 9.17) is 5.26 Å². The average molecular weight is 226 g/mol. The molecule has 0 amide bonds. The Hall–Kier alpha value is -2.28. The van der Waals surface area contributed by atoms with Gasteiger partial charge in [0.1, 0.15) is 5.82 Å². The highest BCUT2D eigenvalue weighted by Gasteiger charge is 1.98. The minimum absolute atomic E-state index is 0.677. The number of nitrogens with one attached hydrogen (secondary N) is 1. The van der Waals surface area contributed by atoms with Gasteiger partial charge in [0.2, 0.25) is 0 Å². The molecule has 2 rings (SSSR count). The van der Waals surface area contributed by atoms with E-state index in [2.05, 4.69) is 16.5 Å². The first kappa shape index (κ1) is 11.2. The van der Waals surface area contributed by atoms with E-state index in [1.165, 1.54) is 0 Å². The van der Waals surface area contributed by atoms with Crippen LogP contribution in [0.4, 0.5) is 5.82 Å². The van der Waals surface area contributed by atoms with Crippen LogP contribution in [0.1, 0.15) is 18.1 Å². The summed E-state index contributed by atoms with van der Waals surface area (Å²) in [4.78, 5) is 0. The van der Waals surface area contributed by atoms with Gasteiger partial charge in [0.25, 0.3) is 0 Å². The first-order valence-corrected chi connectivity index (χ1v) is 5.58. The molecule has 17 heavy (non-hydrogen) atoms. The zero-order valence-corrected chi connectivity index (χ0v) is 9.72. The molecule has 0 fully saturated rings. The number of aromatic nitrogens is 2. The monoisotopic (exact) mass is 226 g/mol. The van der Waals surface area contributed by atoms with Crippen molar-refractivity contribution >= 4 is 5.82 Å². The number of aryl methyl sites for hydroxylation is 1. The van der Waals surface area contributed by atoms with Crippen molar-refractivity contribution in [3.05, 3.63) is 47.7 Å². The molecule has 2 aromatic rings. The molecule has 0 spiro atoms. The van der Waals surface area contributed by atoms with Crippen LogP contribution in [0, 0.1) is 11.3 Å². The van der Waals surface area contributed by atoms with Gasteiger partial charge < -0.3 is 5.32 Å². The van der Waals surface area contributed by atoms with Gasteiger partial charge in [-0.1, -0.05) is 12.1 Å². The maximum atomic E-state index is 8.80. The van der Waals surface area contributed by atoms with Crippen molar-refractivity contribution in [3.8, 4) is 6.07 Å². The smallest absolute Gasteiger partial charge is 0.148 e. The Labute approximate surface area is 100 Å². The number of anilines is 1. The third-order valence-corrected chi connectivity index (χ3v) is 2.49. The Kier molecular flexibility index (Phi) is 3.41. The van der Waals surface area contributed by atoms with Crippen LogP contribution in [-0.4, -0.2) is 9.78 Å². The highest BCUT2D eigenvalue weighted by atomic mass is 15.3. The maximum Gasteiger partial charge on any atom is 0.148 e. The second kappa shape index (κ2) is 5.17. The van der Waals surface area contributed by atoms with Crippen molar-refractivity contribution in [3.63, 3.8) is 0 Å². The van der Waals surface area contributed by atoms with Gasteiger partial charge >= 0.3 is 0 Å². The molecule has 0 unspecified atom stereocenters. The van der Waals surface area contributed by atoms with Crippen molar-refractivity contribution in [2.45, 2.75) is 20.0 Å². The fourth-order valence-electron chi connectivity index (χ4n) is 1.58. The standard InChI is InChI=1S/C13H14N4/c1-2-17-7-6-13(16-17)15-10-12-5-3-4-11(8-12)9-14/h3-8H,2,10H2,1H3,(H,15,16). The van der Waals surface area contributed by atoms with Crippen LogP contribution in [-0.2, 0) is 13.1 Å². The van der Waals surface area contributed by atoms with Gasteiger partial charge in [-0.2, -0.15) is 10.4 Å². The fourth-order valence-corrected chi connectivity index (χ4v) is 1.58. The molecule has 0 aliphatic rings. The van der Waals surface area contributed by atoms with Gasteiger partial charge in [0.15, 0.2) is 0 Å². The third kappa shape index (κ3) is 2.85. The number of benzene rings is 1. The molecular weight excluding hydrogens is 212 g/mol. The van der Waals surface area contributed by atoms with E-state index in [1.807, 2.05) is 42.1 Å². The lowest BCUT2D eigenvalue weighted by molar-refractivity contribution is 0.661. The van der Waals surface area contributed by atoms with E-state index < -0.39 is 0 Å². The molecule has 0 bridgehead atoms. The molecule has 0 atom stereocenters. The Morgan fingerprint density at radius 3 is 3.00 bits per heavy atom. The topological polar surface area (TPSA) is 53.6 Å². The van der Waals surface area contributed by atoms with Gasteiger partial charge in [-0.05, 0) is 24.6 Å². The first-order chi connectivity index (χ1) is 8.31. The summed E-state index contributed by atoms with van der Waals surface area (Å²) in [5, 5.41) is 16.3. The fraction of sp³-hybridized carbons (Fsp3) is 0.231. The van der Waals surface area contributed by atoms with Crippen LogP contribution in [0.25, 0.3) is 0 Å².